The van der Waals surface area contributed by atoms with E-state index in [0.29, 0.717) is 0 Å². The van der Waals surface area contributed by atoms with Crippen LogP contribution in [0.2, 0.25) is 0 Å². The molecule has 0 radical (unpaired) electrons. The Morgan fingerprint density at radius 3 is 2.36 bits per heavy atom. The molecule has 0 aliphatic carbocycles. The first kappa shape index (κ1) is 13.3. The van der Waals surface area contributed by atoms with Crippen LogP contribution in [0.1, 0.15) is 6.92 Å². The molecule has 1 atom stereocenters. The molecule has 2 amide bonds. The second-order valence-corrected chi connectivity index (χ2v) is 1.56. The van der Waals surface area contributed by atoms with Crippen molar-refractivity contribution in [1.29, 1.82) is 0 Å². The Balaban J connectivity index is 0. The second kappa shape index (κ2) is 6.41. The van der Waals surface area contributed by atoms with Gasteiger partial charge >= 0.3 is 41.6 Å². The summed E-state index contributed by atoms with van der Waals surface area (Å²) in [6.07, 6.45) is -1.27. The third-order valence-electron chi connectivity index (χ3n) is 0.593. The molecule has 7 heteroatoms. The Bertz CT molecular complexity index is 149. The predicted molar refractivity (Wildman–Crippen MR) is 37.6 cm³/mol. The van der Waals surface area contributed by atoms with Gasteiger partial charge in [0.15, 0.2) is 6.10 Å². The van der Waals surface area contributed by atoms with Gasteiger partial charge in [0, 0.05) is 0 Å². The SMILES string of the molecule is CC(O)C(=O)ONC(N)=O.[NaH]. The first-order valence-electron chi connectivity index (χ1n) is 2.48. The summed E-state index contributed by atoms with van der Waals surface area (Å²) in [6.45, 7) is 1.20. The Kier molecular flexibility index (Phi) is 7.75. The number of carbonyl (C=O) groups excluding carboxylic acids is 2. The Morgan fingerprint density at radius 1 is 1.64 bits per heavy atom. The quantitative estimate of drug-likeness (QED) is 0.310. The second-order valence-electron chi connectivity index (χ2n) is 1.56. The van der Waals surface area contributed by atoms with Gasteiger partial charge in [0.1, 0.15) is 0 Å². The molecule has 0 saturated heterocycles. The van der Waals surface area contributed by atoms with E-state index in [-0.39, 0.29) is 29.6 Å². The molecule has 0 rings (SSSR count). The number of nitrogens with two attached hydrogens (primary N) is 1. The van der Waals surface area contributed by atoms with E-state index in [1.807, 2.05) is 0 Å². The molecule has 0 heterocycles. The van der Waals surface area contributed by atoms with Crippen LogP contribution in [0.5, 0.6) is 0 Å². The zero-order valence-corrected chi connectivity index (χ0v) is 5.33. The van der Waals surface area contributed by atoms with E-state index in [1.165, 1.54) is 6.92 Å². The normalized spacial score (nSPS) is 10.7. The fraction of sp³-hybridized carbons (Fsp3) is 0.500. The number of nitrogens with one attached hydrogen (secondary N) is 1. The Morgan fingerprint density at radius 2 is 2.09 bits per heavy atom. The Labute approximate surface area is 85.3 Å². The van der Waals surface area contributed by atoms with Crippen LogP contribution in [-0.2, 0) is 9.63 Å². The van der Waals surface area contributed by atoms with Crippen LogP contribution in [0.4, 0.5) is 4.79 Å². The number of primary amides is 1. The first-order valence-corrected chi connectivity index (χ1v) is 2.48. The molecule has 0 aliphatic rings. The van der Waals surface area contributed by atoms with Crippen molar-refractivity contribution in [3.8, 4) is 0 Å². The van der Waals surface area contributed by atoms with Gasteiger partial charge in [-0.3, -0.25) is 0 Å². The number of aliphatic hydroxyl groups excluding tert-OH is 1. The number of aliphatic hydroxyl groups is 1. The summed E-state index contributed by atoms with van der Waals surface area (Å²) in [5, 5.41) is 8.47. The zero-order chi connectivity index (χ0) is 8.15. The number of amides is 2. The van der Waals surface area contributed by atoms with Gasteiger partial charge in [-0.15, -0.1) is 0 Å². The van der Waals surface area contributed by atoms with Crippen molar-refractivity contribution < 1.29 is 19.5 Å². The minimum atomic E-state index is -1.27. The molecule has 0 saturated carbocycles. The van der Waals surface area contributed by atoms with Gasteiger partial charge < -0.3 is 15.7 Å². The number of urea groups is 1. The van der Waals surface area contributed by atoms with Gasteiger partial charge in [-0.1, -0.05) is 0 Å². The molecular formula is C4H9N2NaO4. The molecule has 0 bridgehead atoms. The zero-order valence-electron chi connectivity index (χ0n) is 5.33. The van der Waals surface area contributed by atoms with Crippen LogP contribution >= 0.6 is 0 Å². The third-order valence-corrected chi connectivity index (χ3v) is 0.593. The van der Waals surface area contributed by atoms with E-state index in [1.54, 1.807) is 5.48 Å². The number of rotatable bonds is 1. The van der Waals surface area contributed by atoms with E-state index in [9.17, 15) is 9.59 Å². The van der Waals surface area contributed by atoms with Crippen LogP contribution in [0.25, 0.3) is 0 Å². The van der Waals surface area contributed by atoms with E-state index >= 15 is 0 Å². The van der Waals surface area contributed by atoms with Crippen LogP contribution < -0.4 is 11.2 Å². The van der Waals surface area contributed by atoms with Gasteiger partial charge in [0.25, 0.3) is 0 Å². The molecule has 11 heavy (non-hydrogen) atoms. The molecule has 0 fully saturated rings. The van der Waals surface area contributed by atoms with Crippen LogP contribution in [-0.4, -0.2) is 52.8 Å². The summed E-state index contributed by atoms with van der Waals surface area (Å²) < 4.78 is 0. The van der Waals surface area contributed by atoms with E-state index in [0.717, 1.165) is 0 Å². The maximum absolute atomic E-state index is 10.3. The van der Waals surface area contributed by atoms with E-state index < -0.39 is 18.1 Å². The number of carbonyl (C=O) groups is 2. The van der Waals surface area contributed by atoms with Gasteiger partial charge in [0.05, 0.1) is 0 Å². The van der Waals surface area contributed by atoms with Gasteiger partial charge in [0.2, 0.25) is 0 Å². The summed E-state index contributed by atoms with van der Waals surface area (Å²) in [7, 11) is 0. The van der Waals surface area contributed by atoms with E-state index in [2.05, 4.69) is 10.6 Å². The number of hydrogen-bond acceptors (Lipinski definition) is 4. The standard InChI is InChI=1S/C4H8N2O4.Na.H/c1-2(7)3(8)10-6-4(5)9;;/h2,7H,1H3,(H3,5,6,9);;. The predicted octanol–water partition coefficient (Wildman–Crippen LogP) is -2.15. The molecule has 1 unspecified atom stereocenters. The minimum absolute atomic E-state index is 0. The van der Waals surface area contributed by atoms with Crippen LogP contribution in [0.3, 0.4) is 0 Å². The molecule has 0 aliphatic heterocycles. The first-order chi connectivity index (χ1) is 4.54. The summed E-state index contributed by atoms with van der Waals surface area (Å²) >= 11 is 0. The van der Waals surface area contributed by atoms with Gasteiger partial charge in [-0.25, -0.2) is 9.59 Å². The van der Waals surface area contributed by atoms with Gasteiger partial charge in [-0.05, 0) is 6.92 Å². The van der Waals surface area contributed by atoms with Gasteiger partial charge in [-0.2, -0.15) is 5.48 Å². The number of hydrogen-bond donors (Lipinski definition) is 3. The van der Waals surface area contributed by atoms with Crippen molar-refractivity contribution in [2.24, 2.45) is 5.73 Å². The van der Waals surface area contributed by atoms with Crippen molar-refractivity contribution in [3.05, 3.63) is 0 Å². The van der Waals surface area contributed by atoms with E-state index in [4.69, 9.17) is 5.11 Å². The topological polar surface area (TPSA) is 102 Å². The molecule has 60 valence electrons. The summed E-state index contributed by atoms with van der Waals surface area (Å²) in [5.41, 5.74) is 6.09. The van der Waals surface area contributed by atoms with Crippen LogP contribution in [0, 0.1) is 0 Å². The maximum atomic E-state index is 10.3. The average molecular weight is 172 g/mol. The fourth-order valence-electron chi connectivity index (χ4n) is 0.186. The summed E-state index contributed by atoms with van der Waals surface area (Å²) in [6, 6.07) is -0.992. The van der Waals surface area contributed by atoms with Crippen molar-refractivity contribution in [1.82, 2.24) is 5.48 Å². The fourth-order valence-corrected chi connectivity index (χ4v) is 0.186. The monoisotopic (exact) mass is 172 g/mol. The number of hydroxylamine groups is 1. The van der Waals surface area contributed by atoms with Crippen molar-refractivity contribution >= 4 is 41.6 Å². The molecular weight excluding hydrogens is 163 g/mol. The molecule has 4 N–H and O–H groups in total. The Hall–Kier alpha value is -0.300. The molecule has 0 aromatic heterocycles. The summed E-state index contributed by atoms with van der Waals surface area (Å²) in [5.74, 6) is -0.959. The van der Waals surface area contributed by atoms with Crippen molar-refractivity contribution in [3.63, 3.8) is 0 Å². The van der Waals surface area contributed by atoms with Crippen molar-refractivity contribution in [2.45, 2.75) is 13.0 Å². The van der Waals surface area contributed by atoms with Crippen molar-refractivity contribution in [2.75, 3.05) is 0 Å². The summed E-state index contributed by atoms with van der Waals surface area (Å²) in [4.78, 5) is 24.1. The average Bonchev–Trinajstić information content (AvgIpc) is 1.82. The third kappa shape index (κ3) is 7.60. The molecule has 0 aromatic carbocycles. The molecule has 0 aromatic rings. The van der Waals surface area contributed by atoms with Crippen LogP contribution in [0.15, 0.2) is 0 Å². The molecule has 0 spiro atoms. The molecule has 6 nitrogen and oxygen atoms in total.